The highest BCUT2D eigenvalue weighted by Gasteiger charge is 2.23. The van der Waals surface area contributed by atoms with E-state index in [0.717, 1.165) is 32.5 Å². The predicted octanol–water partition coefficient (Wildman–Crippen LogP) is 7.20. The molecule has 0 atom stereocenters. The molecule has 0 heterocycles. The lowest BCUT2D eigenvalue weighted by molar-refractivity contribution is -0.119. The fourth-order valence-electron chi connectivity index (χ4n) is 3.23. The van der Waals surface area contributed by atoms with Crippen LogP contribution in [0.25, 0.3) is 5.70 Å². The van der Waals surface area contributed by atoms with Crippen molar-refractivity contribution in [3.05, 3.63) is 69.2 Å². The molecule has 0 saturated carbocycles. The molecule has 0 aliphatic carbocycles. The van der Waals surface area contributed by atoms with E-state index in [0.29, 0.717) is 11.4 Å². The molecule has 0 aromatic heterocycles. The summed E-state index contributed by atoms with van der Waals surface area (Å²) in [6.07, 6.45) is 0.505. The van der Waals surface area contributed by atoms with Gasteiger partial charge in [0.2, 0.25) is 0 Å². The van der Waals surface area contributed by atoms with Crippen LogP contribution < -0.4 is 4.90 Å². The zero-order valence-electron chi connectivity index (χ0n) is 16.7. The van der Waals surface area contributed by atoms with E-state index in [-0.39, 0.29) is 17.7 Å². The number of ketones is 1. The van der Waals surface area contributed by atoms with Crippen LogP contribution in [0.3, 0.4) is 0 Å². The molecule has 0 amide bonds. The first-order chi connectivity index (χ1) is 12.5. The van der Waals surface area contributed by atoms with Gasteiger partial charge in [0.1, 0.15) is 0 Å². The Labute approximate surface area is 176 Å². The Kier molecular flexibility index (Phi) is 6.93. The average molecular weight is 449 g/mol. The molecule has 0 radical (unpaired) electrons. The van der Waals surface area contributed by atoms with Crippen molar-refractivity contribution in [3.63, 3.8) is 0 Å². The fourth-order valence-corrected chi connectivity index (χ4v) is 4.04. The van der Waals surface area contributed by atoms with Crippen LogP contribution in [-0.4, -0.2) is 12.3 Å². The third-order valence-corrected chi connectivity index (χ3v) is 5.02. The number of nitrogens with zero attached hydrogens (tertiary/aromatic N) is 1. The molecule has 144 valence electrons. The maximum Gasteiger partial charge on any atom is 0.153 e. The minimum atomic E-state index is -0.0568. The van der Waals surface area contributed by atoms with Gasteiger partial charge in [-0.3, -0.25) is 4.79 Å². The second kappa shape index (κ2) is 8.62. The maximum atomic E-state index is 12.8. The van der Waals surface area contributed by atoms with Gasteiger partial charge in [0, 0.05) is 27.8 Å². The lowest BCUT2D eigenvalue weighted by atomic mass is 9.89. The van der Waals surface area contributed by atoms with Crippen LogP contribution >= 0.6 is 27.5 Å². The number of carbonyl (C=O) groups is 1. The summed E-state index contributed by atoms with van der Waals surface area (Å²) in [6, 6.07) is 11.9. The van der Waals surface area contributed by atoms with E-state index in [2.05, 4.69) is 49.3 Å². The second-order valence-corrected chi connectivity index (χ2v) is 9.55. The van der Waals surface area contributed by atoms with Crippen LogP contribution in [0.1, 0.15) is 43.9 Å². The molecule has 0 spiro atoms. The summed E-state index contributed by atoms with van der Waals surface area (Å²) >= 11 is 10.1. The smallest absolute Gasteiger partial charge is 0.153 e. The van der Waals surface area contributed by atoms with Gasteiger partial charge in [-0.15, -0.1) is 0 Å². The minimum Gasteiger partial charge on any atom is -0.334 e. The Morgan fingerprint density at radius 3 is 2.41 bits per heavy atom. The van der Waals surface area contributed by atoms with E-state index in [1.807, 2.05) is 49.1 Å². The molecule has 27 heavy (non-hydrogen) atoms. The molecule has 0 N–H and O–H groups in total. The van der Waals surface area contributed by atoms with E-state index < -0.39 is 0 Å². The van der Waals surface area contributed by atoms with Gasteiger partial charge in [0.15, 0.2) is 5.78 Å². The van der Waals surface area contributed by atoms with Crippen LogP contribution in [0.15, 0.2) is 47.4 Å². The molecule has 0 aliphatic heterocycles. The Morgan fingerprint density at radius 2 is 1.85 bits per heavy atom. The SMILES string of the molecule is C=C(c1c(C)cc(C)cc1Cl)N(CC(=O)CC(C)(C)C)c1cccc(Br)c1. The lowest BCUT2D eigenvalue weighted by Crippen LogP contribution is -2.30. The van der Waals surface area contributed by atoms with Gasteiger partial charge in [-0.05, 0) is 54.7 Å². The molecule has 2 nitrogen and oxygen atoms in total. The molecule has 2 aromatic rings. The fraction of sp³-hybridized carbons (Fsp3) is 0.348. The number of aryl methyl sites for hydroxylation is 2. The molecular weight excluding hydrogens is 422 g/mol. The number of hydrogen-bond acceptors (Lipinski definition) is 2. The van der Waals surface area contributed by atoms with Gasteiger partial charge >= 0.3 is 0 Å². The molecule has 0 saturated heterocycles. The number of Topliss-reactive ketones (excluding diaryl/α,β-unsaturated/α-hetero) is 1. The largest absolute Gasteiger partial charge is 0.334 e. The van der Waals surface area contributed by atoms with Gasteiger partial charge in [-0.2, -0.15) is 0 Å². The first-order valence-electron chi connectivity index (χ1n) is 8.99. The van der Waals surface area contributed by atoms with Crippen LogP contribution in [0.2, 0.25) is 5.02 Å². The quantitative estimate of drug-likeness (QED) is 0.465. The first-order valence-corrected chi connectivity index (χ1v) is 10.2. The number of anilines is 1. The Morgan fingerprint density at radius 1 is 1.19 bits per heavy atom. The van der Waals surface area contributed by atoms with Crippen molar-refractivity contribution in [1.82, 2.24) is 0 Å². The maximum absolute atomic E-state index is 12.8. The number of halogens is 2. The van der Waals surface area contributed by atoms with E-state index >= 15 is 0 Å². The first kappa shape index (κ1) is 21.7. The number of hydrogen-bond donors (Lipinski definition) is 0. The Balaban J connectivity index is 2.46. The molecule has 2 rings (SSSR count). The highest BCUT2D eigenvalue weighted by atomic mass is 79.9. The van der Waals surface area contributed by atoms with Crippen molar-refractivity contribution in [1.29, 1.82) is 0 Å². The zero-order valence-corrected chi connectivity index (χ0v) is 19.0. The third kappa shape index (κ3) is 5.95. The number of rotatable bonds is 6. The van der Waals surface area contributed by atoms with E-state index in [4.69, 9.17) is 11.6 Å². The lowest BCUT2D eigenvalue weighted by Gasteiger charge is -2.29. The number of benzene rings is 2. The van der Waals surface area contributed by atoms with Crippen molar-refractivity contribution in [2.24, 2.45) is 5.41 Å². The molecule has 0 bridgehead atoms. The molecule has 2 aromatic carbocycles. The summed E-state index contributed by atoms with van der Waals surface area (Å²) in [4.78, 5) is 14.7. The summed E-state index contributed by atoms with van der Waals surface area (Å²) in [6.45, 7) is 14.8. The standard InChI is InChI=1S/C23H27BrClNO/c1-15-10-16(2)22(21(25)11-15)17(3)26(14-20(27)13-23(4,5)6)19-9-7-8-18(24)12-19/h7-12H,3,13-14H2,1-2,4-6H3. The van der Waals surface area contributed by atoms with Crippen LogP contribution in [0, 0.1) is 19.3 Å². The topological polar surface area (TPSA) is 20.3 Å². The van der Waals surface area contributed by atoms with Gasteiger partial charge in [0.05, 0.1) is 11.6 Å². The summed E-state index contributed by atoms with van der Waals surface area (Å²) in [5.41, 5.74) is 4.62. The van der Waals surface area contributed by atoms with Crippen LogP contribution in [0.4, 0.5) is 5.69 Å². The van der Waals surface area contributed by atoms with E-state index in [9.17, 15) is 4.79 Å². The van der Waals surface area contributed by atoms with E-state index in [1.54, 1.807) is 0 Å². The summed E-state index contributed by atoms with van der Waals surface area (Å²) in [7, 11) is 0. The highest BCUT2D eigenvalue weighted by molar-refractivity contribution is 9.10. The Hall–Kier alpha value is -1.58. The normalized spacial score (nSPS) is 11.4. The molecule has 0 unspecified atom stereocenters. The number of carbonyl (C=O) groups excluding carboxylic acids is 1. The monoisotopic (exact) mass is 447 g/mol. The van der Waals surface area contributed by atoms with E-state index in [1.165, 1.54) is 0 Å². The van der Waals surface area contributed by atoms with Gasteiger partial charge in [-0.25, -0.2) is 0 Å². The molecule has 0 fully saturated rings. The average Bonchev–Trinajstić information content (AvgIpc) is 2.49. The van der Waals surface area contributed by atoms with Gasteiger partial charge in [-0.1, -0.05) is 67.0 Å². The molecule has 4 heteroatoms. The highest BCUT2D eigenvalue weighted by Crippen LogP contribution is 2.34. The predicted molar refractivity (Wildman–Crippen MR) is 121 cm³/mol. The second-order valence-electron chi connectivity index (χ2n) is 8.23. The van der Waals surface area contributed by atoms with Gasteiger partial charge < -0.3 is 4.90 Å². The molecular formula is C23H27BrClNO. The van der Waals surface area contributed by atoms with Crippen molar-refractivity contribution in [3.8, 4) is 0 Å². The van der Waals surface area contributed by atoms with Crippen molar-refractivity contribution in [2.45, 2.75) is 41.0 Å². The summed E-state index contributed by atoms with van der Waals surface area (Å²) in [5, 5.41) is 0.653. The van der Waals surface area contributed by atoms with Crippen LogP contribution in [0.5, 0.6) is 0 Å². The zero-order chi connectivity index (χ0) is 20.4. The summed E-state index contributed by atoms with van der Waals surface area (Å²) < 4.78 is 0.952. The van der Waals surface area contributed by atoms with Gasteiger partial charge in [0.25, 0.3) is 0 Å². The Bertz CT molecular complexity index is 844. The minimum absolute atomic E-state index is 0.0568. The third-order valence-electron chi connectivity index (χ3n) is 4.23. The van der Waals surface area contributed by atoms with Crippen LogP contribution in [-0.2, 0) is 4.79 Å². The molecule has 0 aliphatic rings. The van der Waals surface area contributed by atoms with Crippen molar-refractivity contribution in [2.75, 3.05) is 11.4 Å². The van der Waals surface area contributed by atoms with Crippen molar-refractivity contribution < 1.29 is 4.79 Å². The summed E-state index contributed by atoms with van der Waals surface area (Å²) in [5.74, 6) is 0.171. The van der Waals surface area contributed by atoms with Crippen molar-refractivity contribution >= 4 is 44.7 Å².